The predicted octanol–water partition coefficient (Wildman–Crippen LogP) is 6.68. The minimum Gasteiger partial charge on any atom is -0.313 e. The Kier molecular flexibility index (Phi) is 15.0. The molecule has 1 aromatic rings. The van der Waals surface area contributed by atoms with Crippen LogP contribution in [0.25, 0.3) is 0 Å². The zero-order valence-corrected chi connectivity index (χ0v) is 15.5. The highest BCUT2D eigenvalue weighted by Gasteiger charge is 2.07. The molecule has 1 rings (SSSR count). The van der Waals surface area contributed by atoms with E-state index < -0.39 is 0 Å². The van der Waals surface area contributed by atoms with E-state index >= 15 is 0 Å². The van der Waals surface area contributed by atoms with Crippen molar-refractivity contribution in [2.24, 2.45) is 0 Å². The van der Waals surface area contributed by atoms with E-state index in [4.69, 9.17) is 0 Å². The lowest BCUT2D eigenvalue weighted by atomic mass is 9.99. The minimum absolute atomic E-state index is 0. The van der Waals surface area contributed by atoms with E-state index in [2.05, 4.69) is 49.6 Å². The first kappa shape index (κ1) is 21.5. The molecule has 0 heterocycles. The van der Waals surface area contributed by atoms with Gasteiger partial charge >= 0.3 is 0 Å². The molecule has 128 valence electrons. The maximum absolute atomic E-state index is 3.45. The Bertz CT molecular complexity index is 326. The molecule has 1 N–H and O–H groups in total. The standard InChI is InChI=1S/C20H35N.ClH/c1-3-4-5-6-7-8-9-10-11-15-18-20(21-2)19-16-13-12-14-17-19;/h12-14,16-17,20-21H,3-11,15,18H2,1-2H3;1H. The molecule has 2 heteroatoms. The van der Waals surface area contributed by atoms with Crippen LogP contribution in [0, 0.1) is 0 Å². The predicted molar refractivity (Wildman–Crippen MR) is 102 cm³/mol. The van der Waals surface area contributed by atoms with Crippen molar-refractivity contribution in [3.05, 3.63) is 35.9 Å². The number of nitrogens with one attached hydrogen (secondary N) is 1. The summed E-state index contributed by atoms with van der Waals surface area (Å²) in [7, 11) is 2.08. The van der Waals surface area contributed by atoms with Gasteiger partial charge in [0.25, 0.3) is 0 Å². The Hall–Kier alpha value is -0.530. The van der Waals surface area contributed by atoms with E-state index in [0.717, 1.165) is 0 Å². The van der Waals surface area contributed by atoms with Gasteiger partial charge in [-0.15, -0.1) is 12.4 Å². The highest BCUT2D eigenvalue weighted by atomic mass is 35.5. The molecule has 0 saturated heterocycles. The van der Waals surface area contributed by atoms with Gasteiger partial charge in [0.15, 0.2) is 0 Å². The summed E-state index contributed by atoms with van der Waals surface area (Å²) in [5.41, 5.74) is 1.43. The van der Waals surface area contributed by atoms with Crippen LogP contribution in [0.15, 0.2) is 30.3 Å². The average molecular weight is 326 g/mol. The van der Waals surface area contributed by atoms with Crippen LogP contribution in [0.2, 0.25) is 0 Å². The molecule has 0 aliphatic rings. The molecule has 1 unspecified atom stereocenters. The van der Waals surface area contributed by atoms with Crippen molar-refractivity contribution in [1.82, 2.24) is 5.32 Å². The highest BCUT2D eigenvalue weighted by Crippen LogP contribution is 2.20. The zero-order chi connectivity index (χ0) is 15.2. The van der Waals surface area contributed by atoms with E-state index in [1.807, 2.05) is 0 Å². The van der Waals surface area contributed by atoms with Crippen molar-refractivity contribution in [2.45, 2.75) is 83.6 Å². The Morgan fingerprint density at radius 3 is 1.77 bits per heavy atom. The molecule has 0 spiro atoms. The van der Waals surface area contributed by atoms with Gasteiger partial charge in [0.05, 0.1) is 0 Å². The molecule has 22 heavy (non-hydrogen) atoms. The van der Waals surface area contributed by atoms with Crippen LogP contribution in [-0.2, 0) is 0 Å². The molecule has 0 bridgehead atoms. The lowest BCUT2D eigenvalue weighted by Gasteiger charge is -2.16. The number of halogens is 1. The number of benzene rings is 1. The highest BCUT2D eigenvalue weighted by molar-refractivity contribution is 5.85. The molecule has 0 aliphatic carbocycles. The molecule has 1 atom stereocenters. The van der Waals surface area contributed by atoms with Crippen molar-refractivity contribution >= 4 is 12.4 Å². The van der Waals surface area contributed by atoms with Gasteiger partial charge in [-0.1, -0.05) is 101 Å². The second kappa shape index (κ2) is 15.4. The lowest BCUT2D eigenvalue weighted by Crippen LogP contribution is -2.16. The van der Waals surface area contributed by atoms with Gasteiger partial charge in [-0.2, -0.15) is 0 Å². The molecular weight excluding hydrogens is 290 g/mol. The zero-order valence-electron chi connectivity index (χ0n) is 14.7. The van der Waals surface area contributed by atoms with Crippen molar-refractivity contribution in [3.63, 3.8) is 0 Å². The van der Waals surface area contributed by atoms with E-state index in [1.54, 1.807) is 0 Å². The first-order valence-electron chi connectivity index (χ1n) is 9.10. The van der Waals surface area contributed by atoms with E-state index in [0.29, 0.717) is 6.04 Å². The molecule has 0 amide bonds. The van der Waals surface area contributed by atoms with Crippen molar-refractivity contribution in [1.29, 1.82) is 0 Å². The second-order valence-corrected chi connectivity index (χ2v) is 6.22. The molecule has 1 nitrogen and oxygen atoms in total. The SMILES string of the molecule is CCCCCCCCCCCCC(NC)c1ccccc1.Cl. The average Bonchev–Trinajstić information content (AvgIpc) is 2.54. The summed E-state index contributed by atoms with van der Waals surface area (Å²) in [5, 5.41) is 3.45. The summed E-state index contributed by atoms with van der Waals surface area (Å²) in [4.78, 5) is 0. The second-order valence-electron chi connectivity index (χ2n) is 6.22. The van der Waals surface area contributed by atoms with Crippen molar-refractivity contribution in [3.8, 4) is 0 Å². The van der Waals surface area contributed by atoms with Crippen LogP contribution in [0.3, 0.4) is 0 Å². The molecule has 0 fully saturated rings. The van der Waals surface area contributed by atoms with Gasteiger partial charge in [-0.25, -0.2) is 0 Å². The van der Waals surface area contributed by atoms with Crippen molar-refractivity contribution in [2.75, 3.05) is 7.05 Å². The topological polar surface area (TPSA) is 12.0 Å². The van der Waals surface area contributed by atoms with Crippen LogP contribution in [0.4, 0.5) is 0 Å². The fraction of sp³-hybridized carbons (Fsp3) is 0.700. The maximum Gasteiger partial charge on any atom is 0.0317 e. The molecule has 0 saturated carbocycles. The summed E-state index contributed by atoms with van der Waals surface area (Å²) in [6.45, 7) is 2.29. The molecule has 0 radical (unpaired) electrons. The molecular formula is C20H36ClN. The third kappa shape index (κ3) is 10.2. The largest absolute Gasteiger partial charge is 0.313 e. The summed E-state index contributed by atoms with van der Waals surface area (Å²) in [6.07, 6.45) is 15.4. The van der Waals surface area contributed by atoms with Crippen LogP contribution < -0.4 is 5.32 Å². The Labute approximate surface area is 144 Å². The summed E-state index contributed by atoms with van der Waals surface area (Å²) >= 11 is 0. The third-order valence-electron chi connectivity index (χ3n) is 4.40. The Morgan fingerprint density at radius 2 is 1.27 bits per heavy atom. The number of rotatable bonds is 13. The van der Waals surface area contributed by atoms with Gasteiger partial charge in [-0.05, 0) is 19.0 Å². The van der Waals surface area contributed by atoms with Gasteiger partial charge in [0.1, 0.15) is 0 Å². The van der Waals surface area contributed by atoms with E-state index in [9.17, 15) is 0 Å². The van der Waals surface area contributed by atoms with Crippen LogP contribution in [0.1, 0.15) is 89.2 Å². The number of hydrogen-bond donors (Lipinski definition) is 1. The van der Waals surface area contributed by atoms with E-state index in [-0.39, 0.29) is 12.4 Å². The Balaban J connectivity index is 0.00000441. The summed E-state index contributed by atoms with van der Waals surface area (Å²) < 4.78 is 0. The summed E-state index contributed by atoms with van der Waals surface area (Å²) in [5.74, 6) is 0. The van der Waals surface area contributed by atoms with Gasteiger partial charge in [-0.3, -0.25) is 0 Å². The normalized spacial score (nSPS) is 11.9. The van der Waals surface area contributed by atoms with Gasteiger partial charge < -0.3 is 5.32 Å². The maximum atomic E-state index is 3.45. The number of unbranched alkanes of at least 4 members (excludes halogenated alkanes) is 9. The quantitative estimate of drug-likeness (QED) is 0.399. The van der Waals surface area contributed by atoms with Gasteiger partial charge in [0, 0.05) is 6.04 Å². The molecule has 0 aliphatic heterocycles. The first-order chi connectivity index (χ1) is 10.4. The smallest absolute Gasteiger partial charge is 0.0317 e. The fourth-order valence-corrected chi connectivity index (χ4v) is 3.00. The van der Waals surface area contributed by atoms with E-state index in [1.165, 1.54) is 76.2 Å². The Morgan fingerprint density at radius 1 is 0.773 bits per heavy atom. The number of hydrogen-bond acceptors (Lipinski definition) is 1. The first-order valence-corrected chi connectivity index (χ1v) is 9.10. The molecule has 1 aromatic carbocycles. The lowest BCUT2D eigenvalue weighted by molar-refractivity contribution is 0.492. The fourth-order valence-electron chi connectivity index (χ4n) is 3.00. The minimum atomic E-state index is 0. The van der Waals surface area contributed by atoms with Gasteiger partial charge in [0.2, 0.25) is 0 Å². The summed E-state index contributed by atoms with van der Waals surface area (Å²) in [6, 6.07) is 11.4. The van der Waals surface area contributed by atoms with Crippen molar-refractivity contribution < 1.29 is 0 Å². The molecule has 0 aromatic heterocycles. The van der Waals surface area contributed by atoms with Crippen LogP contribution in [0.5, 0.6) is 0 Å². The van der Waals surface area contributed by atoms with Crippen LogP contribution in [-0.4, -0.2) is 7.05 Å². The monoisotopic (exact) mass is 325 g/mol. The van der Waals surface area contributed by atoms with Crippen LogP contribution >= 0.6 is 12.4 Å². The third-order valence-corrected chi connectivity index (χ3v) is 4.40.